The summed E-state index contributed by atoms with van der Waals surface area (Å²) in [7, 11) is -3.80. The molecule has 0 heterocycles. The highest BCUT2D eigenvalue weighted by atomic mass is 32.2. The summed E-state index contributed by atoms with van der Waals surface area (Å²) in [6, 6.07) is 16.3. The summed E-state index contributed by atoms with van der Waals surface area (Å²) in [5.41, 5.74) is 1.48. The number of sulfonamides is 1. The fraction of sp³-hybridized carbons (Fsp3) is 0.174. The average Bonchev–Trinajstić information content (AvgIpc) is 2.76. The highest BCUT2D eigenvalue weighted by Crippen LogP contribution is 2.22. The third kappa shape index (κ3) is 6.21. The van der Waals surface area contributed by atoms with Crippen LogP contribution in [-0.4, -0.2) is 27.5 Å². The van der Waals surface area contributed by atoms with Crippen molar-refractivity contribution in [1.29, 1.82) is 0 Å². The lowest BCUT2D eigenvalue weighted by molar-refractivity contribution is -0.118. The second-order valence-corrected chi connectivity index (χ2v) is 8.51. The summed E-state index contributed by atoms with van der Waals surface area (Å²) in [5.74, 6) is 0.0414. The molecule has 0 spiro atoms. The normalized spacial score (nSPS) is 11.0. The van der Waals surface area contributed by atoms with Crippen LogP contribution < -0.4 is 19.5 Å². The van der Waals surface area contributed by atoms with E-state index in [-0.39, 0.29) is 11.5 Å². The van der Waals surface area contributed by atoms with Gasteiger partial charge in [0.15, 0.2) is 6.61 Å². The van der Waals surface area contributed by atoms with Gasteiger partial charge in [0, 0.05) is 11.4 Å². The molecule has 0 saturated heterocycles. The van der Waals surface area contributed by atoms with Crippen LogP contribution in [-0.2, 0) is 14.8 Å². The van der Waals surface area contributed by atoms with Gasteiger partial charge < -0.3 is 14.8 Å². The first kappa shape index (κ1) is 23.1. The Kier molecular flexibility index (Phi) is 7.32. The minimum absolute atomic E-state index is 0.0403. The first-order valence-corrected chi connectivity index (χ1v) is 11.3. The number of ether oxygens (including phenoxy) is 2. The Labute approximate surface area is 186 Å². The zero-order valence-corrected chi connectivity index (χ0v) is 18.4. The van der Waals surface area contributed by atoms with Gasteiger partial charge in [-0.1, -0.05) is 6.07 Å². The lowest BCUT2D eigenvalue weighted by Crippen LogP contribution is -2.20. The van der Waals surface area contributed by atoms with Crippen molar-refractivity contribution in [2.45, 2.75) is 18.7 Å². The van der Waals surface area contributed by atoms with Gasteiger partial charge in [0.1, 0.15) is 17.3 Å². The van der Waals surface area contributed by atoms with E-state index in [9.17, 15) is 17.6 Å². The monoisotopic (exact) mass is 458 g/mol. The molecule has 0 aromatic heterocycles. The van der Waals surface area contributed by atoms with Crippen LogP contribution in [0.2, 0.25) is 0 Å². The van der Waals surface area contributed by atoms with Gasteiger partial charge in [-0.25, -0.2) is 12.8 Å². The maximum Gasteiger partial charge on any atom is 0.262 e. The number of benzene rings is 3. The van der Waals surface area contributed by atoms with E-state index in [1.807, 2.05) is 6.92 Å². The summed E-state index contributed by atoms with van der Waals surface area (Å²) in [6.45, 7) is 3.82. The van der Waals surface area contributed by atoms with Crippen LogP contribution in [0.5, 0.6) is 11.5 Å². The van der Waals surface area contributed by atoms with Crippen molar-refractivity contribution in [3.8, 4) is 11.5 Å². The number of hydrogen-bond acceptors (Lipinski definition) is 5. The van der Waals surface area contributed by atoms with E-state index in [0.717, 1.165) is 0 Å². The lowest BCUT2D eigenvalue weighted by atomic mass is 10.2. The standard InChI is InChI=1S/C23H23FN2O5S/c1-3-30-19-8-6-18(7-9-19)26-32(28,29)21-12-10-20(11-13-21)31-15-23(27)25-22-14-17(24)5-4-16(22)2/h4-14,26H,3,15H2,1-2H3,(H,25,27). The molecule has 0 unspecified atom stereocenters. The summed E-state index contributed by atoms with van der Waals surface area (Å²) in [6.07, 6.45) is 0. The Bertz CT molecular complexity index is 1180. The molecule has 0 saturated carbocycles. The van der Waals surface area contributed by atoms with Gasteiger partial charge in [0.25, 0.3) is 15.9 Å². The Morgan fingerprint density at radius 2 is 1.56 bits per heavy atom. The summed E-state index contributed by atoms with van der Waals surface area (Å²) >= 11 is 0. The number of hydrogen-bond donors (Lipinski definition) is 2. The third-order valence-corrected chi connectivity index (χ3v) is 5.79. The summed E-state index contributed by atoms with van der Waals surface area (Å²) in [5, 5.41) is 2.58. The quantitative estimate of drug-likeness (QED) is 0.497. The van der Waals surface area contributed by atoms with Gasteiger partial charge in [-0.2, -0.15) is 0 Å². The molecule has 0 aliphatic carbocycles. The van der Waals surface area contributed by atoms with Gasteiger partial charge in [0.2, 0.25) is 0 Å². The van der Waals surface area contributed by atoms with Crippen molar-refractivity contribution in [2.24, 2.45) is 0 Å². The number of amides is 1. The van der Waals surface area contributed by atoms with E-state index >= 15 is 0 Å². The lowest BCUT2D eigenvalue weighted by Gasteiger charge is -2.11. The fourth-order valence-corrected chi connectivity index (χ4v) is 3.84. The number of carbonyl (C=O) groups is 1. The number of nitrogens with one attached hydrogen (secondary N) is 2. The van der Waals surface area contributed by atoms with Gasteiger partial charge in [-0.05, 0) is 80.1 Å². The van der Waals surface area contributed by atoms with Crippen molar-refractivity contribution < 1.29 is 27.1 Å². The number of rotatable bonds is 9. The Hall–Kier alpha value is -3.59. The SMILES string of the molecule is CCOc1ccc(NS(=O)(=O)c2ccc(OCC(=O)Nc3cc(F)ccc3C)cc2)cc1. The molecule has 3 aromatic rings. The Morgan fingerprint density at radius 1 is 0.938 bits per heavy atom. The van der Waals surface area contributed by atoms with Crippen LogP contribution in [0.25, 0.3) is 0 Å². The molecule has 2 N–H and O–H groups in total. The molecule has 0 aliphatic rings. The highest BCUT2D eigenvalue weighted by Gasteiger charge is 2.15. The van der Waals surface area contributed by atoms with Crippen molar-refractivity contribution in [2.75, 3.05) is 23.3 Å². The minimum atomic E-state index is -3.80. The van der Waals surface area contributed by atoms with E-state index in [2.05, 4.69) is 10.0 Å². The smallest absolute Gasteiger partial charge is 0.262 e. The molecular weight excluding hydrogens is 435 g/mol. The predicted octanol–water partition coefficient (Wildman–Crippen LogP) is 4.35. The second kappa shape index (κ2) is 10.1. The molecule has 0 aliphatic heterocycles. The van der Waals surface area contributed by atoms with Crippen LogP contribution in [0.15, 0.2) is 71.6 Å². The molecule has 168 valence electrons. The number of carbonyl (C=O) groups excluding carboxylic acids is 1. The molecule has 0 atom stereocenters. The van der Waals surface area contributed by atoms with Crippen LogP contribution in [0.1, 0.15) is 12.5 Å². The van der Waals surface area contributed by atoms with E-state index in [1.54, 1.807) is 37.3 Å². The van der Waals surface area contributed by atoms with Gasteiger partial charge in [-0.15, -0.1) is 0 Å². The maximum absolute atomic E-state index is 13.3. The average molecular weight is 459 g/mol. The molecule has 0 radical (unpaired) electrons. The zero-order chi connectivity index (χ0) is 23.1. The number of anilines is 2. The van der Waals surface area contributed by atoms with E-state index in [4.69, 9.17) is 9.47 Å². The first-order valence-electron chi connectivity index (χ1n) is 9.81. The number of aryl methyl sites for hydroxylation is 1. The molecule has 3 rings (SSSR count). The molecule has 0 fully saturated rings. The Morgan fingerprint density at radius 3 is 2.22 bits per heavy atom. The van der Waals surface area contributed by atoms with E-state index < -0.39 is 21.7 Å². The van der Waals surface area contributed by atoms with Gasteiger partial charge in [0.05, 0.1) is 11.5 Å². The van der Waals surface area contributed by atoms with Crippen LogP contribution >= 0.6 is 0 Å². The Balaban J connectivity index is 1.57. The minimum Gasteiger partial charge on any atom is -0.494 e. The van der Waals surface area contributed by atoms with Gasteiger partial charge in [-0.3, -0.25) is 9.52 Å². The summed E-state index contributed by atoms with van der Waals surface area (Å²) in [4.78, 5) is 12.1. The third-order valence-electron chi connectivity index (χ3n) is 4.40. The van der Waals surface area contributed by atoms with Crippen molar-refractivity contribution in [3.05, 3.63) is 78.1 Å². The van der Waals surface area contributed by atoms with Crippen LogP contribution in [0.4, 0.5) is 15.8 Å². The molecular formula is C23H23FN2O5S. The molecule has 0 bridgehead atoms. The van der Waals surface area contributed by atoms with Crippen molar-refractivity contribution in [1.82, 2.24) is 0 Å². The van der Waals surface area contributed by atoms with Crippen molar-refractivity contribution in [3.63, 3.8) is 0 Å². The van der Waals surface area contributed by atoms with Crippen LogP contribution in [0.3, 0.4) is 0 Å². The highest BCUT2D eigenvalue weighted by molar-refractivity contribution is 7.92. The number of halogens is 1. The van der Waals surface area contributed by atoms with E-state index in [0.29, 0.717) is 35.0 Å². The summed E-state index contributed by atoms with van der Waals surface area (Å²) < 4.78 is 51.7. The molecule has 32 heavy (non-hydrogen) atoms. The fourth-order valence-electron chi connectivity index (χ4n) is 2.78. The topological polar surface area (TPSA) is 93.7 Å². The van der Waals surface area contributed by atoms with Crippen LogP contribution in [0, 0.1) is 12.7 Å². The zero-order valence-electron chi connectivity index (χ0n) is 17.6. The maximum atomic E-state index is 13.3. The molecule has 1 amide bonds. The second-order valence-electron chi connectivity index (χ2n) is 6.83. The van der Waals surface area contributed by atoms with Crippen molar-refractivity contribution >= 4 is 27.3 Å². The van der Waals surface area contributed by atoms with E-state index in [1.165, 1.54) is 36.4 Å². The molecule has 3 aromatic carbocycles. The first-order chi connectivity index (χ1) is 15.3. The predicted molar refractivity (Wildman–Crippen MR) is 120 cm³/mol. The molecule has 7 nitrogen and oxygen atoms in total. The molecule has 9 heteroatoms. The largest absolute Gasteiger partial charge is 0.494 e. The van der Waals surface area contributed by atoms with Gasteiger partial charge >= 0.3 is 0 Å².